The molecule has 5 aromatic rings. The highest BCUT2D eigenvalue weighted by atomic mass is 19.1. The van der Waals surface area contributed by atoms with E-state index in [1.165, 1.54) is 12.8 Å². The number of methoxy groups -OCH3 is 1. The second-order valence-corrected chi connectivity index (χ2v) is 12.8. The van der Waals surface area contributed by atoms with Crippen molar-refractivity contribution in [3.05, 3.63) is 71.5 Å². The van der Waals surface area contributed by atoms with Crippen LogP contribution in [-0.2, 0) is 20.2 Å². The van der Waals surface area contributed by atoms with Crippen molar-refractivity contribution in [1.29, 1.82) is 0 Å². The van der Waals surface area contributed by atoms with Crippen LogP contribution in [0.4, 0.5) is 4.39 Å². The molecule has 3 unspecified atom stereocenters. The largest absolute Gasteiger partial charge is 0.494 e. The number of fused-ring (bicyclic) bond motifs is 4. The summed E-state index contributed by atoms with van der Waals surface area (Å²) in [6, 6.07) is 17.1. The number of aryl methyl sites for hydroxylation is 1. The number of imidazole rings is 1. The molecular formula is C35H36FN5O3. The van der Waals surface area contributed by atoms with Gasteiger partial charge in [-0.25, -0.2) is 9.37 Å². The SMILES string of the molecule is COc1cc(C(=O)N2CC3CCC2C3N)cc2nc(-c3cc4ccc(-c5cccc(CO)c5F)cc4n3CC3CC3)n(C)c12. The summed E-state index contributed by atoms with van der Waals surface area (Å²) in [6.07, 6.45) is 4.39. The van der Waals surface area contributed by atoms with Gasteiger partial charge in [0.2, 0.25) is 0 Å². The standard InChI is InChI=1S/C35H36FN5O3/c1-39-33-26(12-24(15-30(33)44-2)35(43)41-17-22-10-11-27(41)32(22)37)38-34(39)29-14-21-9-8-20(13-28(21)40(29)16-19-6-7-19)25-5-3-4-23(18-42)31(25)36/h3-5,8-9,12-15,19,22,27,32,42H,6-7,10-11,16-18,37H2,1-2H3. The van der Waals surface area contributed by atoms with E-state index >= 15 is 4.39 Å². The Bertz CT molecular complexity index is 1960. The first kappa shape index (κ1) is 27.3. The molecule has 3 aromatic carbocycles. The number of piperidine rings is 1. The summed E-state index contributed by atoms with van der Waals surface area (Å²) in [6.45, 7) is 1.19. The topological polar surface area (TPSA) is 98.5 Å². The van der Waals surface area contributed by atoms with E-state index in [1.807, 2.05) is 46.8 Å². The molecule has 3 fully saturated rings. The fourth-order valence-corrected chi connectivity index (χ4v) is 7.55. The molecule has 226 valence electrons. The van der Waals surface area contributed by atoms with Gasteiger partial charge in [0.05, 0.1) is 24.9 Å². The molecule has 44 heavy (non-hydrogen) atoms. The number of ether oxygens (including phenoxy) is 1. The second kappa shape index (κ2) is 10.2. The first-order chi connectivity index (χ1) is 21.4. The first-order valence-electron chi connectivity index (χ1n) is 15.5. The predicted octanol–water partition coefficient (Wildman–Crippen LogP) is 5.47. The van der Waals surface area contributed by atoms with Gasteiger partial charge < -0.3 is 29.6 Å². The number of aliphatic hydroxyl groups is 1. The Kier molecular flexibility index (Phi) is 6.32. The minimum absolute atomic E-state index is 0.0204. The lowest BCUT2D eigenvalue weighted by Crippen LogP contribution is -2.41. The average Bonchev–Trinajstić information content (AvgIpc) is 3.44. The number of benzene rings is 3. The quantitative estimate of drug-likeness (QED) is 0.261. The maximum atomic E-state index is 15.2. The molecule has 2 aromatic heterocycles. The number of nitrogens with zero attached hydrogens (tertiary/aromatic N) is 4. The molecule has 3 N–H and O–H groups in total. The third kappa shape index (κ3) is 4.17. The number of rotatable bonds is 7. The van der Waals surface area contributed by atoms with Crippen LogP contribution in [0.5, 0.6) is 5.75 Å². The summed E-state index contributed by atoms with van der Waals surface area (Å²) >= 11 is 0. The van der Waals surface area contributed by atoms with E-state index in [0.717, 1.165) is 52.9 Å². The Labute approximate surface area is 254 Å². The van der Waals surface area contributed by atoms with E-state index in [-0.39, 0.29) is 30.2 Å². The van der Waals surface area contributed by atoms with Crippen molar-refractivity contribution in [2.45, 2.75) is 50.9 Å². The van der Waals surface area contributed by atoms with Crippen LogP contribution < -0.4 is 10.5 Å². The zero-order valence-corrected chi connectivity index (χ0v) is 25.0. The number of halogens is 1. The van der Waals surface area contributed by atoms with Gasteiger partial charge in [0.1, 0.15) is 17.1 Å². The van der Waals surface area contributed by atoms with E-state index < -0.39 is 5.82 Å². The number of carbonyl (C=O) groups excluding carboxylic acids is 1. The highest BCUT2D eigenvalue weighted by Gasteiger charge is 2.47. The van der Waals surface area contributed by atoms with Gasteiger partial charge in [0.15, 0.2) is 5.82 Å². The van der Waals surface area contributed by atoms with Gasteiger partial charge in [-0.2, -0.15) is 0 Å². The smallest absolute Gasteiger partial charge is 0.254 e. The molecule has 1 saturated heterocycles. The van der Waals surface area contributed by atoms with Crippen molar-refractivity contribution in [3.8, 4) is 28.4 Å². The van der Waals surface area contributed by atoms with Crippen molar-refractivity contribution in [2.75, 3.05) is 13.7 Å². The lowest BCUT2D eigenvalue weighted by atomic mass is 10.0. The molecule has 1 aliphatic heterocycles. The van der Waals surface area contributed by atoms with E-state index in [0.29, 0.717) is 40.8 Å². The van der Waals surface area contributed by atoms with Gasteiger partial charge in [-0.3, -0.25) is 4.79 Å². The Hall–Kier alpha value is -4.21. The van der Waals surface area contributed by atoms with Gasteiger partial charge in [-0.15, -0.1) is 0 Å². The second-order valence-electron chi connectivity index (χ2n) is 12.8. The van der Waals surface area contributed by atoms with E-state index in [4.69, 9.17) is 15.5 Å². The summed E-state index contributed by atoms with van der Waals surface area (Å²) in [4.78, 5) is 20.7. The highest BCUT2D eigenvalue weighted by Crippen LogP contribution is 2.41. The molecule has 8 rings (SSSR count). The minimum atomic E-state index is -0.397. The number of nitrogens with two attached hydrogens (primary N) is 1. The Morgan fingerprint density at radius 3 is 2.66 bits per heavy atom. The van der Waals surface area contributed by atoms with Gasteiger partial charge >= 0.3 is 0 Å². The number of aliphatic hydroxyl groups excluding tert-OH is 1. The molecular weight excluding hydrogens is 557 g/mol. The van der Waals surface area contributed by atoms with Crippen LogP contribution in [0.1, 0.15) is 41.6 Å². The number of aromatic nitrogens is 3. The van der Waals surface area contributed by atoms with Crippen molar-refractivity contribution in [2.24, 2.45) is 24.6 Å². The van der Waals surface area contributed by atoms with Crippen LogP contribution in [0.2, 0.25) is 0 Å². The van der Waals surface area contributed by atoms with Crippen molar-refractivity contribution in [1.82, 2.24) is 19.0 Å². The normalized spacial score (nSPS) is 21.2. The van der Waals surface area contributed by atoms with Gasteiger partial charge in [-0.1, -0.05) is 30.3 Å². The number of hydrogen-bond acceptors (Lipinski definition) is 5. The molecule has 2 saturated carbocycles. The van der Waals surface area contributed by atoms with Crippen molar-refractivity contribution < 1.29 is 19.0 Å². The van der Waals surface area contributed by atoms with Crippen LogP contribution in [0, 0.1) is 17.7 Å². The highest BCUT2D eigenvalue weighted by molar-refractivity contribution is 6.00. The summed E-state index contributed by atoms with van der Waals surface area (Å²) in [5.74, 6) is 1.92. The van der Waals surface area contributed by atoms with Crippen LogP contribution >= 0.6 is 0 Å². The summed E-state index contributed by atoms with van der Waals surface area (Å²) in [7, 11) is 3.60. The number of likely N-dealkylation sites (tertiary alicyclic amines) is 1. The Morgan fingerprint density at radius 2 is 1.95 bits per heavy atom. The van der Waals surface area contributed by atoms with Crippen molar-refractivity contribution in [3.63, 3.8) is 0 Å². The molecule has 2 aliphatic carbocycles. The van der Waals surface area contributed by atoms with E-state index in [2.05, 4.69) is 10.6 Å². The van der Waals surface area contributed by atoms with Crippen LogP contribution in [0.15, 0.2) is 54.6 Å². The molecule has 3 aliphatic rings. The van der Waals surface area contributed by atoms with Crippen LogP contribution in [0.3, 0.4) is 0 Å². The van der Waals surface area contributed by atoms with Crippen molar-refractivity contribution >= 4 is 27.8 Å². The predicted molar refractivity (Wildman–Crippen MR) is 168 cm³/mol. The van der Waals surface area contributed by atoms with Gasteiger partial charge in [0, 0.05) is 59.8 Å². The molecule has 2 bridgehead atoms. The maximum Gasteiger partial charge on any atom is 0.254 e. The minimum Gasteiger partial charge on any atom is -0.494 e. The fraction of sp³-hybridized carbons (Fsp3) is 0.371. The van der Waals surface area contributed by atoms with Crippen LogP contribution in [0.25, 0.3) is 44.6 Å². The Balaban J connectivity index is 1.25. The fourth-order valence-electron chi connectivity index (χ4n) is 7.55. The molecule has 1 amide bonds. The molecule has 8 nitrogen and oxygen atoms in total. The van der Waals surface area contributed by atoms with E-state index in [9.17, 15) is 9.90 Å². The number of carbonyl (C=O) groups is 1. The third-order valence-electron chi connectivity index (χ3n) is 10.1. The molecule has 9 heteroatoms. The lowest BCUT2D eigenvalue weighted by Gasteiger charge is -2.27. The van der Waals surface area contributed by atoms with Crippen LogP contribution in [-0.4, -0.2) is 55.8 Å². The monoisotopic (exact) mass is 593 g/mol. The zero-order valence-electron chi connectivity index (χ0n) is 25.0. The average molecular weight is 594 g/mol. The number of amides is 1. The molecule has 0 spiro atoms. The van der Waals surface area contributed by atoms with E-state index in [1.54, 1.807) is 25.3 Å². The summed E-state index contributed by atoms with van der Waals surface area (Å²) in [5.41, 5.74) is 12.0. The van der Waals surface area contributed by atoms with Gasteiger partial charge in [0.25, 0.3) is 5.91 Å². The zero-order chi connectivity index (χ0) is 30.3. The maximum absolute atomic E-state index is 15.2. The number of hydrogen-bond donors (Lipinski definition) is 2. The third-order valence-corrected chi connectivity index (χ3v) is 10.1. The molecule has 0 radical (unpaired) electrons. The van der Waals surface area contributed by atoms with Gasteiger partial charge in [-0.05, 0) is 67.3 Å². The first-order valence-corrected chi connectivity index (χ1v) is 15.5. The Morgan fingerprint density at radius 1 is 1.11 bits per heavy atom. The summed E-state index contributed by atoms with van der Waals surface area (Å²) in [5, 5.41) is 10.7. The summed E-state index contributed by atoms with van der Waals surface area (Å²) < 4.78 is 25.4. The molecule has 3 atom stereocenters. The lowest BCUT2D eigenvalue weighted by molar-refractivity contribution is 0.0700. The molecule has 3 heterocycles.